The Labute approximate surface area is 125 Å². The monoisotopic (exact) mass is 324 g/mol. The third kappa shape index (κ3) is 2.97. The molecule has 0 aromatic heterocycles. The molecule has 3 atom stereocenters. The van der Waals surface area contributed by atoms with Crippen molar-refractivity contribution in [2.75, 3.05) is 11.9 Å². The van der Waals surface area contributed by atoms with E-state index in [1.54, 1.807) is 0 Å². The summed E-state index contributed by atoms with van der Waals surface area (Å²) in [7, 11) is 2.00. The van der Waals surface area contributed by atoms with Crippen LogP contribution in [0.15, 0.2) is 22.7 Å². The smallest absolute Gasteiger partial charge is 0.0382 e. The molecule has 1 aromatic carbocycles. The van der Waals surface area contributed by atoms with Gasteiger partial charge in [0.05, 0.1) is 0 Å². The molecule has 1 N–H and O–H groups in total. The molecule has 0 radical (unpaired) electrons. The van der Waals surface area contributed by atoms with Gasteiger partial charge in [0.25, 0.3) is 0 Å². The van der Waals surface area contributed by atoms with Gasteiger partial charge in [0, 0.05) is 28.3 Å². The molecule has 106 valence electrons. The van der Waals surface area contributed by atoms with Crippen LogP contribution in [0.1, 0.15) is 51.6 Å². The van der Waals surface area contributed by atoms with Crippen LogP contribution >= 0.6 is 15.9 Å². The second-order valence-electron chi connectivity index (χ2n) is 5.61. The SMILES string of the molecule is CCC1CCC(C)N1c1ccc(C(C)NC)c(Br)c1. The normalized spacial score (nSPS) is 24.8. The van der Waals surface area contributed by atoms with Crippen molar-refractivity contribution in [2.45, 2.75) is 58.2 Å². The highest BCUT2D eigenvalue weighted by atomic mass is 79.9. The molecule has 0 aliphatic carbocycles. The minimum absolute atomic E-state index is 0.376. The van der Waals surface area contributed by atoms with E-state index in [1.807, 2.05) is 7.05 Å². The predicted octanol–water partition coefficient (Wildman–Crippen LogP) is 4.50. The van der Waals surface area contributed by atoms with Crippen molar-refractivity contribution in [3.8, 4) is 0 Å². The van der Waals surface area contributed by atoms with Gasteiger partial charge in [-0.1, -0.05) is 28.9 Å². The maximum atomic E-state index is 3.73. The molecule has 1 fully saturated rings. The van der Waals surface area contributed by atoms with Crippen LogP contribution in [0.4, 0.5) is 5.69 Å². The summed E-state index contributed by atoms with van der Waals surface area (Å²) in [6.45, 7) is 6.82. The fourth-order valence-corrected chi connectivity index (χ4v) is 3.83. The van der Waals surface area contributed by atoms with E-state index >= 15 is 0 Å². The van der Waals surface area contributed by atoms with Crippen molar-refractivity contribution in [3.63, 3.8) is 0 Å². The van der Waals surface area contributed by atoms with Crippen molar-refractivity contribution >= 4 is 21.6 Å². The number of nitrogens with one attached hydrogen (secondary N) is 1. The number of hydrogen-bond acceptors (Lipinski definition) is 2. The van der Waals surface area contributed by atoms with E-state index in [0.29, 0.717) is 18.1 Å². The van der Waals surface area contributed by atoms with Gasteiger partial charge in [0.15, 0.2) is 0 Å². The number of halogens is 1. The highest BCUT2D eigenvalue weighted by Crippen LogP contribution is 2.35. The molecule has 1 aliphatic heterocycles. The van der Waals surface area contributed by atoms with Gasteiger partial charge in [-0.05, 0) is 57.9 Å². The Morgan fingerprint density at radius 1 is 1.42 bits per heavy atom. The molecule has 1 saturated heterocycles. The molecule has 0 amide bonds. The van der Waals surface area contributed by atoms with Gasteiger partial charge < -0.3 is 10.2 Å². The molecule has 1 heterocycles. The van der Waals surface area contributed by atoms with Crippen molar-refractivity contribution in [1.29, 1.82) is 0 Å². The fraction of sp³-hybridized carbons (Fsp3) is 0.625. The number of nitrogens with zero attached hydrogens (tertiary/aromatic N) is 1. The van der Waals surface area contributed by atoms with E-state index in [1.165, 1.54) is 35.0 Å². The van der Waals surface area contributed by atoms with E-state index in [2.05, 4.69) is 65.1 Å². The van der Waals surface area contributed by atoms with Crippen molar-refractivity contribution in [3.05, 3.63) is 28.2 Å². The number of benzene rings is 1. The molecule has 3 heteroatoms. The van der Waals surface area contributed by atoms with Crippen LogP contribution in [-0.2, 0) is 0 Å². The molecule has 1 aromatic rings. The molecule has 19 heavy (non-hydrogen) atoms. The molecular weight excluding hydrogens is 300 g/mol. The Bertz CT molecular complexity index is 433. The van der Waals surface area contributed by atoms with Gasteiger partial charge in [-0.15, -0.1) is 0 Å². The van der Waals surface area contributed by atoms with Crippen LogP contribution in [0.3, 0.4) is 0 Å². The average molecular weight is 325 g/mol. The van der Waals surface area contributed by atoms with Crippen LogP contribution in [0.2, 0.25) is 0 Å². The summed E-state index contributed by atoms with van der Waals surface area (Å²) in [5.74, 6) is 0. The highest BCUT2D eigenvalue weighted by molar-refractivity contribution is 9.10. The lowest BCUT2D eigenvalue weighted by molar-refractivity contribution is 0.626. The first-order valence-corrected chi connectivity index (χ1v) is 8.12. The minimum atomic E-state index is 0.376. The van der Waals surface area contributed by atoms with Crippen molar-refractivity contribution in [1.82, 2.24) is 5.32 Å². The second-order valence-corrected chi connectivity index (χ2v) is 6.47. The maximum Gasteiger partial charge on any atom is 0.0382 e. The lowest BCUT2D eigenvalue weighted by Crippen LogP contribution is -2.34. The third-order valence-corrected chi connectivity index (χ3v) is 5.13. The Morgan fingerprint density at radius 2 is 2.16 bits per heavy atom. The largest absolute Gasteiger partial charge is 0.366 e. The van der Waals surface area contributed by atoms with E-state index in [0.717, 1.165) is 0 Å². The van der Waals surface area contributed by atoms with Crippen LogP contribution in [0, 0.1) is 0 Å². The summed E-state index contributed by atoms with van der Waals surface area (Å²) in [5, 5.41) is 3.30. The number of hydrogen-bond donors (Lipinski definition) is 1. The number of anilines is 1. The van der Waals surface area contributed by atoms with E-state index < -0.39 is 0 Å². The molecule has 0 spiro atoms. The van der Waals surface area contributed by atoms with Gasteiger partial charge in [-0.3, -0.25) is 0 Å². The molecule has 2 rings (SSSR count). The van der Waals surface area contributed by atoms with Crippen LogP contribution in [0.5, 0.6) is 0 Å². The van der Waals surface area contributed by atoms with Gasteiger partial charge in [0.2, 0.25) is 0 Å². The Kier molecular flexibility index (Phi) is 4.91. The zero-order chi connectivity index (χ0) is 14.0. The zero-order valence-electron chi connectivity index (χ0n) is 12.4. The van der Waals surface area contributed by atoms with Gasteiger partial charge in [-0.2, -0.15) is 0 Å². The summed E-state index contributed by atoms with van der Waals surface area (Å²) >= 11 is 3.73. The van der Waals surface area contributed by atoms with Crippen LogP contribution in [0.25, 0.3) is 0 Å². The molecule has 0 saturated carbocycles. The number of rotatable bonds is 4. The second kappa shape index (κ2) is 6.27. The zero-order valence-corrected chi connectivity index (χ0v) is 14.0. The van der Waals surface area contributed by atoms with E-state index in [4.69, 9.17) is 0 Å². The molecule has 3 unspecified atom stereocenters. The maximum absolute atomic E-state index is 3.73. The first-order chi connectivity index (χ1) is 9.08. The first kappa shape index (κ1) is 14.9. The third-order valence-electron chi connectivity index (χ3n) is 4.44. The molecule has 2 nitrogen and oxygen atoms in total. The quantitative estimate of drug-likeness (QED) is 0.877. The first-order valence-electron chi connectivity index (χ1n) is 7.33. The van der Waals surface area contributed by atoms with Gasteiger partial charge in [-0.25, -0.2) is 0 Å². The van der Waals surface area contributed by atoms with Crippen molar-refractivity contribution in [2.24, 2.45) is 0 Å². The van der Waals surface area contributed by atoms with Crippen LogP contribution in [-0.4, -0.2) is 19.1 Å². The van der Waals surface area contributed by atoms with E-state index in [9.17, 15) is 0 Å². The van der Waals surface area contributed by atoms with Gasteiger partial charge >= 0.3 is 0 Å². The summed E-state index contributed by atoms with van der Waals surface area (Å²) in [6, 6.07) is 8.55. The Morgan fingerprint density at radius 3 is 2.74 bits per heavy atom. The standard InChI is InChI=1S/C16H25BrN2/c1-5-13-7-6-11(2)19(13)14-8-9-15(12(3)18-4)16(17)10-14/h8-13,18H,5-7H2,1-4H3. The minimum Gasteiger partial charge on any atom is -0.366 e. The summed E-state index contributed by atoms with van der Waals surface area (Å²) < 4.78 is 1.21. The topological polar surface area (TPSA) is 15.3 Å². The molecular formula is C16H25BrN2. The lowest BCUT2D eigenvalue weighted by Gasteiger charge is -2.31. The lowest BCUT2D eigenvalue weighted by atomic mass is 10.1. The van der Waals surface area contributed by atoms with Crippen molar-refractivity contribution < 1.29 is 0 Å². The fourth-order valence-electron chi connectivity index (χ4n) is 3.12. The molecule has 0 bridgehead atoms. The van der Waals surface area contributed by atoms with Crippen LogP contribution < -0.4 is 10.2 Å². The Hall–Kier alpha value is -0.540. The highest BCUT2D eigenvalue weighted by Gasteiger charge is 2.29. The predicted molar refractivity (Wildman–Crippen MR) is 86.9 cm³/mol. The summed E-state index contributed by atoms with van der Waals surface area (Å²) in [6.07, 6.45) is 3.87. The van der Waals surface area contributed by atoms with Gasteiger partial charge in [0.1, 0.15) is 0 Å². The average Bonchev–Trinajstić information content (AvgIpc) is 2.78. The van der Waals surface area contributed by atoms with E-state index in [-0.39, 0.29) is 0 Å². The summed E-state index contributed by atoms with van der Waals surface area (Å²) in [5.41, 5.74) is 2.68. The Balaban J connectivity index is 2.28. The summed E-state index contributed by atoms with van der Waals surface area (Å²) in [4.78, 5) is 2.60. The molecule has 1 aliphatic rings.